The summed E-state index contributed by atoms with van der Waals surface area (Å²) in [5, 5.41) is 1.88. The molecule has 1 unspecified atom stereocenters. The van der Waals surface area contributed by atoms with Gasteiger partial charge in [-0.3, -0.25) is 0 Å². The predicted octanol–water partition coefficient (Wildman–Crippen LogP) is 4.62. The Bertz CT molecular complexity index is 650. The van der Waals surface area contributed by atoms with Crippen molar-refractivity contribution < 1.29 is 4.74 Å². The summed E-state index contributed by atoms with van der Waals surface area (Å²) < 4.78 is 8.08. The van der Waals surface area contributed by atoms with Crippen LogP contribution in [0.25, 0.3) is 0 Å². The molecule has 22 heavy (non-hydrogen) atoms. The van der Waals surface area contributed by atoms with Gasteiger partial charge in [-0.25, -0.2) is 4.98 Å². The third-order valence-corrected chi connectivity index (χ3v) is 5.54. The summed E-state index contributed by atoms with van der Waals surface area (Å²) in [7, 11) is 0. The van der Waals surface area contributed by atoms with Gasteiger partial charge in [-0.1, -0.05) is 41.6 Å². The number of nitrogens with zero attached hydrogens (tertiary/aromatic N) is 2. The van der Waals surface area contributed by atoms with Gasteiger partial charge in [0, 0.05) is 23.1 Å². The molecule has 1 aliphatic rings. The minimum absolute atomic E-state index is 0.326. The van der Waals surface area contributed by atoms with Gasteiger partial charge in [-0.15, -0.1) is 0 Å². The van der Waals surface area contributed by atoms with Crippen LogP contribution in [0.3, 0.4) is 0 Å². The number of hydrogen-bond acceptors (Lipinski definition) is 3. The van der Waals surface area contributed by atoms with Gasteiger partial charge in [0.1, 0.15) is 0 Å². The van der Waals surface area contributed by atoms with Crippen molar-refractivity contribution in [3.63, 3.8) is 0 Å². The number of aromatic nitrogens is 2. The topological polar surface area (TPSA) is 27.1 Å². The highest BCUT2D eigenvalue weighted by molar-refractivity contribution is 7.98. The molecule has 2 heterocycles. The lowest BCUT2D eigenvalue weighted by Gasteiger charge is -2.14. The van der Waals surface area contributed by atoms with Gasteiger partial charge in [0.2, 0.25) is 0 Å². The van der Waals surface area contributed by atoms with Crippen LogP contribution >= 0.6 is 23.4 Å². The van der Waals surface area contributed by atoms with E-state index in [1.807, 2.05) is 18.2 Å². The molecule has 1 saturated heterocycles. The van der Waals surface area contributed by atoms with E-state index in [9.17, 15) is 0 Å². The van der Waals surface area contributed by atoms with E-state index in [-0.39, 0.29) is 0 Å². The van der Waals surface area contributed by atoms with E-state index < -0.39 is 0 Å². The maximum Gasteiger partial charge on any atom is 0.168 e. The van der Waals surface area contributed by atoms with Crippen LogP contribution in [0.5, 0.6) is 0 Å². The van der Waals surface area contributed by atoms with Crippen LogP contribution in [0.4, 0.5) is 0 Å². The zero-order chi connectivity index (χ0) is 15.5. The summed E-state index contributed by atoms with van der Waals surface area (Å²) in [4.78, 5) is 4.72. The van der Waals surface area contributed by atoms with Crippen molar-refractivity contribution >= 4 is 23.4 Å². The van der Waals surface area contributed by atoms with Gasteiger partial charge in [0.05, 0.1) is 18.3 Å². The van der Waals surface area contributed by atoms with E-state index >= 15 is 0 Å². The number of hydrogen-bond donors (Lipinski definition) is 0. The van der Waals surface area contributed by atoms with Crippen molar-refractivity contribution in [2.24, 2.45) is 0 Å². The molecular weight excluding hydrogens is 316 g/mol. The van der Waals surface area contributed by atoms with Crippen LogP contribution in [-0.2, 0) is 17.0 Å². The summed E-state index contributed by atoms with van der Waals surface area (Å²) in [6, 6.07) is 8.00. The molecule has 1 aromatic carbocycles. The fraction of sp³-hybridized carbons (Fsp3) is 0.471. The molecular formula is C17H21ClN2OS. The fourth-order valence-corrected chi connectivity index (χ4v) is 4.09. The lowest BCUT2D eigenvalue weighted by Crippen LogP contribution is -2.16. The number of ether oxygens (including phenoxy) is 1. The van der Waals surface area contributed by atoms with Crippen molar-refractivity contribution in [3.8, 4) is 0 Å². The number of imidazole rings is 1. The van der Waals surface area contributed by atoms with Gasteiger partial charge in [-0.2, -0.15) is 0 Å². The normalized spacial score (nSPS) is 18.0. The number of rotatable bonds is 5. The highest BCUT2D eigenvalue weighted by atomic mass is 35.5. The number of aryl methyl sites for hydroxylation is 1. The summed E-state index contributed by atoms with van der Waals surface area (Å²) >= 11 is 7.99. The minimum atomic E-state index is 0.326. The molecule has 1 fully saturated rings. The van der Waals surface area contributed by atoms with Gasteiger partial charge in [0.15, 0.2) is 5.16 Å². The Hall–Kier alpha value is -0.970. The molecule has 0 aliphatic carbocycles. The maximum absolute atomic E-state index is 6.24. The molecule has 0 amide bonds. The molecule has 3 rings (SSSR count). The molecule has 5 heteroatoms. The Balaban J connectivity index is 1.75. The average Bonchev–Trinajstić information content (AvgIpc) is 3.11. The van der Waals surface area contributed by atoms with Crippen molar-refractivity contribution in [2.45, 2.75) is 50.2 Å². The first-order chi connectivity index (χ1) is 10.6. The molecule has 0 N–H and O–H groups in total. The first-order valence-electron chi connectivity index (χ1n) is 7.66. The molecule has 3 nitrogen and oxygen atoms in total. The second-order valence-electron chi connectivity index (χ2n) is 5.69. The Morgan fingerprint density at radius 2 is 2.18 bits per heavy atom. The van der Waals surface area contributed by atoms with Crippen LogP contribution in [0.1, 0.15) is 29.8 Å². The molecule has 118 valence electrons. The predicted molar refractivity (Wildman–Crippen MR) is 91.7 cm³/mol. The molecule has 0 saturated carbocycles. The van der Waals surface area contributed by atoms with Crippen molar-refractivity contribution in [2.75, 3.05) is 6.61 Å². The monoisotopic (exact) mass is 336 g/mol. The summed E-state index contributed by atoms with van der Waals surface area (Å²) in [6.07, 6.45) is 2.64. The SMILES string of the molecule is Cc1nc(SCc2ccccc2Cl)n(CC2CCCO2)c1C. The Labute approximate surface area is 141 Å². The number of thioether (sulfide) groups is 1. The number of benzene rings is 1. The van der Waals surface area contributed by atoms with Crippen LogP contribution in [0.15, 0.2) is 29.4 Å². The average molecular weight is 337 g/mol. The molecule has 0 bridgehead atoms. The van der Waals surface area contributed by atoms with Crippen molar-refractivity contribution in [3.05, 3.63) is 46.2 Å². The van der Waals surface area contributed by atoms with Gasteiger partial charge < -0.3 is 9.30 Å². The second kappa shape index (κ2) is 7.07. The Kier molecular flexibility index (Phi) is 5.11. The lowest BCUT2D eigenvalue weighted by molar-refractivity contribution is 0.0945. The van der Waals surface area contributed by atoms with Gasteiger partial charge in [0.25, 0.3) is 0 Å². The Morgan fingerprint density at radius 1 is 1.36 bits per heavy atom. The standard InChI is InChI=1S/C17H21ClN2OS/c1-12-13(2)20(10-15-7-5-9-21-15)17(19-12)22-11-14-6-3-4-8-16(14)18/h3-4,6,8,15H,5,7,9-11H2,1-2H3. The van der Waals surface area contributed by atoms with Crippen LogP contribution in [0.2, 0.25) is 5.02 Å². The zero-order valence-corrected chi connectivity index (χ0v) is 14.6. The molecule has 1 aliphatic heterocycles. The number of halogens is 1. The van der Waals surface area contributed by atoms with Crippen LogP contribution in [-0.4, -0.2) is 22.3 Å². The first kappa shape index (κ1) is 15.9. The lowest BCUT2D eigenvalue weighted by atomic mass is 10.2. The van der Waals surface area contributed by atoms with Gasteiger partial charge in [-0.05, 0) is 38.3 Å². The van der Waals surface area contributed by atoms with E-state index in [4.69, 9.17) is 21.3 Å². The van der Waals surface area contributed by atoms with E-state index in [0.717, 1.165) is 46.8 Å². The molecule has 1 atom stereocenters. The quantitative estimate of drug-likeness (QED) is 0.745. The molecule has 0 spiro atoms. The highest BCUT2D eigenvalue weighted by Crippen LogP contribution is 2.28. The minimum Gasteiger partial charge on any atom is -0.376 e. The molecule has 0 radical (unpaired) electrons. The van der Waals surface area contributed by atoms with E-state index in [0.29, 0.717) is 6.10 Å². The summed E-state index contributed by atoms with van der Waals surface area (Å²) in [6.45, 7) is 5.99. The largest absolute Gasteiger partial charge is 0.376 e. The van der Waals surface area contributed by atoms with Gasteiger partial charge >= 0.3 is 0 Å². The van der Waals surface area contributed by atoms with Crippen LogP contribution in [0, 0.1) is 13.8 Å². The summed E-state index contributed by atoms with van der Waals surface area (Å²) in [5.41, 5.74) is 3.48. The van der Waals surface area contributed by atoms with Crippen molar-refractivity contribution in [1.29, 1.82) is 0 Å². The van der Waals surface area contributed by atoms with E-state index in [1.54, 1.807) is 11.8 Å². The first-order valence-corrected chi connectivity index (χ1v) is 9.03. The smallest absolute Gasteiger partial charge is 0.168 e. The third kappa shape index (κ3) is 3.50. The second-order valence-corrected chi connectivity index (χ2v) is 7.04. The van der Waals surface area contributed by atoms with Crippen LogP contribution < -0.4 is 0 Å². The summed E-state index contributed by atoms with van der Waals surface area (Å²) in [5.74, 6) is 0.834. The van der Waals surface area contributed by atoms with E-state index in [1.165, 1.54) is 12.1 Å². The highest BCUT2D eigenvalue weighted by Gasteiger charge is 2.20. The fourth-order valence-electron chi connectivity index (χ4n) is 2.70. The molecule has 2 aromatic rings. The zero-order valence-electron chi connectivity index (χ0n) is 13.0. The third-order valence-electron chi connectivity index (χ3n) is 4.15. The van der Waals surface area contributed by atoms with Crippen molar-refractivity contribution in [1.82, 2.24) is 9.55 Å². The maximum atomic E-state index is 6.24. The molecule has 1 aromatic heterocycles. The van der Waals surface area contributed by atoms with E-state index in [2.05, 4.69) is 24.5 Å². The Morgan fingerprint density at radius 3 is 2.91 bits per heavy atom.